The first-order chi connectivity index (χ1) is 10.2. The van der Waals surface area contributed by atoms with E-state index in [-0.39, 0.29) is 19.2 Å². The van der Waals surface area contributed by atoms with Crippen LogP contribution in [0.5, 0.6) is 11.5 Å². The van der Waals surface area contributed by atoms with Gasteiger partial charge in [-0.2, -0.15) is 5.10 Å². The first-order valence-corrected chi connectivity index (χ1v) is 6.95. The number of fused-ring (bicyclic) bond motifs is 1. The van der Waals surface area contributed by atoms with Gasteiger partial charge in [0, 0.05) is 18.3 Å². The van der Waals surface area contributed by atoms with Gasteiger partial charge in [0.2, 0.25) is 6.79 Å². The van der Waals surface area contributed by atoms with Crippen molar-refractivity contribution in [2.75, 3.05) is 6.79 Å². The number of nitrogens with zero attached hydrogens (tertiary/aromatic N) is 2. The maximum Gasteiger partial charge on any atom is 0.251 e. The van der Waals surface area contributed by atoms with E-state index in [1.54, 1.807) is 29.1 Å². The zero-order valence-corrected chi connectivity index (χ0v) is 12.2. The van der Waals surface area contributed by atoms with Gasteiger partial charge in [-0.15, -0.1) is 0 Å². The SMILES string of the molecule is CCn1cc(Cl)c(CNC(=O)c2ccc3c(c2)OCO3)n1. The normalized spacial score (nSPS) is 12.5. The molecule has 1 aromatic carbocycles. The Bertz CT molecular complexity index is 684. The van der Waals surface area contributed by atoms with Crippen LogP contribution < -0.4 is 14.8 Å². The average molecular weight is 308 g/mol. The topological polar surface area (TPSA) is 65.4 Å². The molecule has 1 aliphatic heterocycles. The summed E-state index contributed by atoms with van der Waals surface area (Å²) in [6, 6.07) is 5.06. The Morgan fingerprint density at radius 1 is 1.43 bits per heavy atom. The van der Waals surface area contributed by atoms with Gasteiger partial charge in [-0.1, -0.05) is 11.6 Å². The van der Waals surface area contributed by atoms with E-state index < -0.39 is 0 Å². The van der Waals surface area contributed by atoms with E-state index in [1.807, 2.05) is 6.92 Å². The van der Waals surface area contributed by atoms with E-state index in [0.29, 0.717) is 27.8 Å². The molecule has 2 heterocycles. The molecule has 0 spiro atoms. The highest BCUT2D eigenvalue weighted by molar-refractivity contribution is 6.31. The van der Waals surface area contributed by atoms with E-state index in [0.717, 1.165) is 6.54 Å². The lowest BCUT2D eigenvalue weighted by atomic mass is 10.2. The third-order valence-electron chi connectivity index (χ3n) is 3.16. The number of amides is 1. The van der Waals surface area contributed by atoms with Crippen molar-refractivity contribution in [3.8, 4) is 11.5 Å². The summed E-state index contributed by atoms with van der Waals surface area (Å²) in [6.45, 7) is 3.16. The summed E-state index contributed by atoms with van der Waals surface area (Å²) >= 11 is 6.06. The molecule has 0 saturated carbocycles. The van der Waals surface area contributed by atoms with Gasteiger partial charge < -0.3 is 14.8 Å². The summed E-state index contributed by atoms with van der Waals surface area (Å²) < 4.78 is 12.2. The predicted octanol–water partition coefficient (Wildman–Crippen LogP) is 2.22. The molecule has 1 aromatic heterocycles. The minimum Gasteiger partial charge on any atom is -0.454 e. The molecule has 0 saturated heterocycles. The molecular weight excluding hydrogens is 294 g/mol. The van der Waals surface area contributed by atoms with E-state index in [2.05, 4.69) is 10.4 Å². The van der Waals surface area contributed by atoms with E-state index in [1.165, 1.54) is 0 Å². The van der Waals surface area contributed by atoms with Crippen LogP contribution in [0.3, 0.4) is 0 Å². The van der Waals surface area contributed by atoms with Crippen LogP contribution in [0.4, 0.5) is 0 Å². The molecule has 0 unspecified atom stereocenters. The number of hydrogen-bond acceptors (Lipinski definition) is 4. The molecule has 1 amide bonds. The predicted molar refractivity (Wildman–Crippen MR) is 76.6 cm³/mol. The van der Waals surface area contributed by atoms with Gasteiger partial charge in [-0.05, 0) is 25.1 Å². The molecule has 0 fully saturated rings. The van der Waals surface area contributed by atoms with Gasteiger partial charge >= 0.3 is 0 Å². The lowest BCUT2D eigenvalue weighted by Gasteiger charge is -2.05. The molecule has 21 heavy (non-hydrogen) atoms. The van der Waals surface area contributed by atoms with Crippen molar-refractivity contribution in [2.45, 2.75) is 20.0 Å². The van der Waals surface area contributed by atoms with Gasteiger partial charge in [-0.25, -0.2) is 0 Å². The highest BCUT2D eigenvalue weighted by atomic mass is 35.5. The Kier molecular flexibility index (Phi) is 3.70. The fraction of sp³-hybridized carbons (Fsp3) is 0.286. The smallest absolute Gasteiger partial charge is 0.251 e. The number of benzene rings is 1. The summed E-state index contributed by atoms with van der Waals surface area (Å²) in [4.78, 5) is 12.1. The number of rotatable bonds is 4. The van der Waals surface area contributed by atoms with Crippen LogP contribution in [0.2, 0.25) is 5.02 Å². The van der Waals surface area contributed by atoms with Crippen molar-refractivity contribution in [3.63, 3.8) is 0 Å². The molecule has 7 heteroatoms. The molecular formula is C14H14ClN3O3. The third-order valence-corrected chi connectivity index (χ3v) is 3.48. The minimum atomic E-state index is -0.213. The molecule has 6 nitrogen and oxygen atoms in total. The van der Waals surface area contributed by atoms with Gasteiger partial charge in [0.05, 0.1) is 11.6 Å². The van der Waals surface area contributed by atoms with Gasteiger partial charge in [0.1, 0.15) is 5.69 Å². The first-order valence-electron chi connectivity index (χ1n) is 6.57. The molecule has 2 aromatic rings. The fourth-order valence-electron chi connectivity index (χ4n) is 2.02. The van der Waals surface area contributed by atoms with E-state index in [4.69, 9.17) is 21.1 Å². The number of aryl methyl sites for hydroxylation is 1. The number of ether oxygens (including phenoxy) is 2. The van der Waals surface area contributed by atoms with Crippen molar-refractivity contribution < 1.29 is 14.3 Å². The van der Waals surface area contributed by atoms with Gasteiger partial charge in [0.25, 0.3) is 5.91 Å². The summed E-state index contributed by atoms with van der Waals surface area (Å²) in [5.41, 5.74) is 1.15. The molecule has 0 aliphatic carbocycles. The standard InChI is InChI=1S/C14H14ClN3O3/c1-2-18-7-10(15)11(17-18)6-16-14(19)9-3-4-12-13(5-9)21-8-20-12/h3-5,7H,2,6,8H2,1H3,(H,16,19). The summed E-state index contributed by atoms with van der Waals surface area (Å²) in [7, 11) is 0. The van der Waals surface area contributed by atoms with Crippen molar-refractivity contribution in [3.05, 3.63) is 40.7 Å². The second kappa shape index (κ2) is 5.65. The number of nitrogens with one attached hydrogen (secondary N) is 1. The van der Waals surface area contributed by atoms with Gasteiger partial charge in [0.15, 0.2) is 11.5 Å². The average Bonchev–Trinajstić information content (AvgIpc) is 3.10. The van der Waals surface area contributed by atoms with Crippen LogP contribution in [0.1, 0.15) is 23.0 Å². The lowest BCUT2D eigenvalue weighted by Crippen LogP contribution is -2.23. The number of aromatic nitrogens is 2. The Labute approximate surface area is 126 Å². The monoisotopic (exact) mass is 307 g/mol. The van der Waals surface area contributed by atoms with Crippen molar-refractivity contribution >= 4 is 17.5 Å². The maximum atomic E-state index is 12.1. The van der Waals surface area contributed by atoms with Crippen LogP contribution >= 0.6 is 11.6 Å². The summed E-state index contributed by atoms with van der Waals surface area (Å²) in [6.07, 6.45) is 1.74. The van der Waals surface area contributed by atoms with Crippen LogP contribution in [-0.4, -0.2) is 22.5 Å². The molecule has 1 aliphatic rings. The number of halogens is 1. The molecule has 3 rings (SSSR count). The number of carbonyl (C=O) groups is 1. The van der Waals surface area contributed by atoms with Crippen LogP contribution in [-0.2, 0) is 13.1 Å². The highest BCUT2D eigenvalue weighted by Gasteiger charge is 2.16. The second-order valence-electron chi connectivity index (χ2n) is 4.53. The highest BCUT2D eigenvalue weighted by Crippen LogP contribution is 2.32. The Balaban J connectivity index is 1.67. The van der Waals surface area contributed by atoms with Crippen molar-refractivity contribution in [2.24, 2.45) is 0 Å². The zero-order chi connectivity index (χ0) is 14.8. The van der Waals surface area contributed by atoms with Crippen molar-refractivity contribution in [1.82, 2.24) is 15.1 Å². The molecule has 1 N–H and O–H groups in total. The maximum absolute atomic E-state index is 12.1. The van der Waals surface area contributed by atoms with E-state index in [9.17, 15) is 4.79 Å². The molecule has 0 bridgehead atoms. The Morgan fingerprint density at radius 2 is 2.24 bits per heavy atom. The van der Waals surface area contributed by atoms with Crippen LogP contribution in [0.25, 0.3) is 0 Å². The number of hydrogen-bond donors (Lipinski definition) is 1. The fourth-order valence-corrected chi connectivity index (χ4v) is 2.24. The lowest BCUT2D eigenvalue weighted by molar-refractivity contribution is 0.0950. The quantitative estimate of drug-likeness (QED) is 0.940. The summed E-state index contributed by atoms with van der Waals surface area (Å²) in [5.74, 6) is 1.02. The molecule has 0 radical (unpaired) electrons. The first kappa shape index (κ1) is 13.8. The van der Waals surface area contributed by atoms with Crippen LogP contribution in [0, 0.1) is 0 Å². The molecule has 110 valence electrons. The second-order valence-corrected chi connectivity index (χ2v) is 4.94. The molecule has 0 atom stereocenters. The van der Waals surface area contributed by atoms with Crippen LogP contribution in [0.15, 0.2) is 24.4 Å². The van der Waals surface area contributed by atoms with Gasteiger partial charge in [-0.3, -0.25) is 9.48 Å². The third kappa shape index (κ3) is 2.80. The largest absolute Gasteiger partial charge is 0.454 e. The zero-order valence-electron chi connectivity index (χ0n) is 11.4. The van der Waals surface area contributed by atoms with Crippen molar-refractivity contribution in [1.29, 1.82) is 0 Å². The minimum absolute atomic E-state index is 0.185. The Morgan fingerprint density at radius 3 is 3.00 bits per heavy atom. The number of carbonyl (C=O) groups excluding carboxylic acids is 1. The summed E-state index contributed by atoms with van der Waals surface area (Å²) in [5, 5.41) is 7.61. The Hall–Kier alpha value is -2.21. The van der Waals surface area contributed by atoms with E-state index >= 15 is 0 Å².